The average molecular weight is 193 g/mol. The maximum Gasteiger partial charge on any atom is 0.258 e. The van der Waals surface area contributed by atoms with Crippen molar-refractivity contribution in [2.75, 3.05) is 0 Å². The smallest absolute Gasteiger partial charge is 0.258 e. The molecule has 0 aromatic heterocycles. The van der Waals surface area contributed by atoms with E-state index < -0.39 is 6.10 Å². The topological polar surface area (TPSA) is 58.9 Å². The van der Waals surface area contributed by atoms with E-state index in [9.17, 15) is 4.79 Å². The minimum absolute atomic E-state index is 0.0465. The molecule has 1 N–H and O–H groups in total. The number of benzene rings is 1. The summed E-state index contributed by atoms with van der Waals surface area (Å²) in [6.07, 6.45) is 0.00908. The number of ether oxygens (including phenoxy) is 1. The molecule has 1 aromatic carbocycles. The Labute approximate surface area is 81.8 Å². The highest BCUT2D eigenvalue weighted by molar-refractivity contribution is 5.94. The van der Waals surface area contributed by atoms with Crippen LogP contribution in [0.1, 0.15) is 12.5 Å². The fourth-order valence-corrected chi connectivity index (χ4v) is 0.934. The summed E-state index contributed by atoms with van der Waals surface area (Å²) < 4.78 is 5.07. The van der Waals surface area contributed by atoms with E-state index in [0.29, 0.717) is 11.8 Å². The van der Waals surface area contributed by atoms with Crippen LogP contribution in [-0.4, -0.2) is 23.5 Å². The van der Waals surface area contributed by atoms with Gasteiger partial charge in [0.05, 0.1) is 0 Å². The first-order chi connectivity index (χ1) is 6.77. The lowest BCUT2D eigenvalue weighted by atomic mass is 10.2. The first-order valence-corrected chi connectivity index (χ1v) is 4.17. The van der Waals surface area contributed by atoms with Crippen LogP contribution in [0.5, 0.6) is 0 Å². The first kappa shape index (κ1) is 10.2. The maximum absolute atomic E-state index is 10.3. The third-order valence-corrected chi connectivity index (χ3v) is 1.60. The summed E-state index contributed by atoms with van der Waals surface area (Å²) >= 11 is 0. The molecule has 0 aliphatic carbocycles. The minimum Gasteiger partial charge on any atom is -0.464 e. The van der Waals surface area contributed by atoms with Crippen molar-refractivity contribution >= 4 is 12.2 Å². The minimum atomic E-state index is -0.624. The van der Waals surface area contributed by atoms with Gasteiger partial charge >= 0.3 is 0 Å². The normalized spacial score (nSPS) is 13.4. The Morgan fingerprint density at radius 2 is 2.14 bits per heavy atom. The van der Waals surface area contributed by atoms with Crippen molar-refractivity contribution in [2.45, 2.75) is 13.0 Å². The van der Waals surface area contributed by atoms with Gasteiger partial charge in [-0.15, -0.1) is 0 Å². The van der Waals surface area contributed by atoms with Crippen LogP contribution in [0.15, 0.2) is 35.5 Å². The van der Waals surface area contributed by atoms with E-state index in [4.69, 9.17) is 9.94 Å². The van der Waals surface area contributed by atoms with Gasteiger partial charge in [0.1, 0.15) is 0 Å². The zero-order valence-electron chi connectivity index (χ0n) is 7.75. The van der Waals surface area contributed by atoms with E-state index >= 15 is 0 Å². The second-order valence-corrected chi connectivity index (χ2v) is 2.73. The monoisotopic (exact) mass is 193 g/mol. The standard InChI is InChI=1S/C10H11NO3/c1-8(7-12)14-10(11-13)9-5-3-2-4-6-9/h2-8,13H,1H3. The second kappa shape index (κ2) is 5.01. The summed E-state index contributed by atoms with van der Waals surface area (Å²) in [5.41, 5.74) is 0.628. The van der Waals surface area contributed by atoms with Gasteiger partial charge in [0.2, 0.25) is 0 Å². The molecule has 1 aromatic rings. The summed E-state index contributed by atoms with van der Waals surface area (Å²) in [5, 5.41) is 11.7. The molecule has 0 bridgehead atoms. The number of carbonyl (C=O) groups is 1. The number of rotatable bonds is 3. The molecule has 0 amide bonds. The van der Waals surface area contributed by atoms with Crippen LogP contribution in [0.3, 0.4) is 0 Å². The summed E-state index contributed by atoms with van der Waals surface area (Å²) in [6, 6.07) is 8.87. The highest BCUT2D eigenvalue weighted by Gasteiger charge is 2.08. The van der Waals surface area contributed by atoms with E-state index in [-0.39, 0.29) is 5.90 Å². The molecule has 0 saturated carbocycles. The molecule has 0 saturated heterocycles. The van der Waals surface area contributed by atoms with Gasteiger partial charge in [0.15, 0.2) is 12.4 Å². The number of aldehydes is 1. The van der Waals surface area contributed by atoms with Crippen LogP contribution < -0.4 is 0 Å². The van der Waals surface area contributed by atoms with Crippen LogP contribution >= 0.6 is 0 Å². The zero-order valence-corrected chi connectivity index (χ0v) is 7.75. The second-order valence-electron chi connectivity index (χ2n) is 2.73. The van der Waals surface area contributed by atoms with Crippen molar-refractivity contribution in [3.63, 3.8) is 0 Å². The molecule has 1 atom stereocenters. The molecule has 4 heteroatoms. The maximum atomic E-state index is 10.3. The number of carbonyl (C=O) groups excluding carboxylic acids is 1. The SMILES string of the molecule is CC(C=O)OC(=NO)c1ccccc1. The van der Waals surface area contributed by atoms with Gasteiger partial charge in [-0.25, -0.2) is 0 Å². The number of nitrogens with zero attached hydrogens (tertiary/aromatic N) is 1. The van der Waals surface area contributed by atoms with Crippen molar-refractivity contribution in [3.8, 4) is 0 Å². The molecule has 0 aliphatic rings. The zero-order chi connectivity index (χ0) is 10.4. The van der Waals surface area contributed by atoms with Crippen LogP contribution in [0.4, 0.5) is 0 Å². The molecule has 0 radical (unpaired) electrons. The Bertz CT molecular complexity index is 321. The molecule has 0 heterocycles. The third-order valence-electron chi connectivity index (χ3n) is 1.60. The van der Waals surface area contributed by atoms with Crippen molar-refractivity contribution in [1.29, 1.82) is 0 Å². The number of oxime groups is 1. The van der Waals surface area contributed by atoms with Crippen molar-refractivity contribution in [1.82, 2.24) is 0 Å². The predicted molar refractivity (Wildman–Crippen MR) is 51.4 cm³/mol. The Kier molecular flexibility index (Phi) is 3.67. The summed E-state index contributed by atoms with van der Waals surface area (Å²) in [6.45, 7) is 1.57. The van der Waals surface area contributed by atoms with Crippen molar-refractivity contribution in [2.24, 2.45) is 5.16 Å². The quantitative estimate of drug-likeness (QED) is 0.260. The molecule has 1 rings (SSSR count). The van der Waals surface area contributed by atoms with E-state index in [1.165, 1.54) is 0 Å². The molecular weight excluding hydrogens is 182 g/mol. The summed E-state index contributed by atoms with van der Waals surface area (Å²) in [7, 11) is 0. The largest absolute Gasteiger partial charge is 0.464 e. The van der Waals surface area contributed by atoms with Gasteiger partial charge in [-0.05, 0) is 24.2 Å². The van der Waals surface area contributed by atoms with Crippen molar-refractivity contribution < 1.29 is 14.7 Å². The molecule has 0 aliphatic heterocycles. The molecule has 0 fully saturated rings. The van der Waals surface area contributed by atoms with E-state index in [0.717, 1.165) is 0 Å². The number of hydrogen-bond donors (Lipinski definition) is 1. The molecule has 1 unspecified atom stereocenters. The lowest BCUT2D eigenvalue weighted by Crippen LogP contribution is -2.16. The molecular formula is C10H11NO3. The van der Waals surface area contributed by atoms with E-state index in [1.54, 1.807) is 31.2 Å². The molecule has 14 heavy (non-hydrogen) atoms. The summed E-state index contributed by atoms with van der Waals surface area (Å²) in [4.78, 5) is 10.3. The lowest BCUT2D eigenvalue weighted by molar-refractivity contribution is -0.113. The van der Waals surface area contributed by atoms with Crippen LogP contribution in [0, 0.1) is 0 Å². The van der Waals surface area contributed by atoms with Gasteiger partial charge in [0.25, 0.3) is 5.90 Å². The Morgan fingerprint density at radius 3 is 2.64 bits per heavy atom. The lowest BCUT2D eigenvalue weighted by Gasteiger charge is -2.09. The van der Waals surface area contributed by atoms with Gasteiger partial charge < -0.3 is 9.94 Å². The van der Waals surface area contributed by atoms with E-state index in [2.05, 4.69) is 5.16 Å². The fourth-order valence-electron chi connectivity index (χ4n) is 0.934. The van der Waals surface area contributed by atoms with Gasteiger partial charge in [0, 0.05) is 5.56 Å². The van der Waals surface area contributed by atoms with Gasteiger partial charge in [-0.1, -0.05) is 18.2 Å². The first-order valence-electron chi connectivity index (χ1n) is 4.17. The highest BCUT2D eigenvalue weighted by atomic mass is 16.5. The molecule has 4 nitrogen and oxygen atoms in total. The fraction of sp³-hybridized carbons (Fsp3) is 0.200. The number of hydrogen-bond acceptors (Lipinski definition) is 4. The molecule has 0 spiro atoms. The van der Waals surface area contributed by atoms with Crippen LogP contribution in [0.25, 0.3) is 0 Å². The Morgan fingerprint density at radius 1 is 1.50 bits per heavy atom. The van der Waals surface area contributed by atoms with E-state index in [1.807, 2.05) is 6.07 Å². The van der Waals surface area contributed by atoms with Crippen LogP contribution in [0.2, 0.25) is 0 Å². The Hall–Kier alpha value is -1.84. The predicted octanol–water partition coefficient (Wildman–Crippen LogP) is 1.43. The Balaban J connectivity index is 2.79. The third kappa shape index (κ3) is 2.58. The highest BCUT2D eigenvalue weighted by Crippen LogP contribution is 2.03. The molecule has 74 valence electrons. The average Bonchev–Trinajstić information content (AvgIpc) is 2.26. The van der Waals surface area contributed by atoms with Crippen molar-refractivity contribution in [3.05, 3.63) is 35.9 Å². The van der Waals surface area contributed by atoms with Gasteiger partial charge in [-0.3, -0.25) is 4.79 Å². The van der Waals surface area contributed by atoms with Crippen LogP contribution in [-0.2, 0) is 9.53 Å². The summed E-state index contributed by atoms with van der Waals surface area (Å²) in [5.74, 6) is 0.0465. The van der Waals surface area contributed by atoms with Gasteiger partial charge in [-0.2, -0.15) is 0 Å².